The van der Waals surface area contributed by atoms with Crippen LogP contribution in [0.4, 0.5) is 11.5 Å². The fourth-order valence-corrected chi connectivity index (χ4v) is 4.13. The van der Waals surface area contributed by atoms with Gasteiger partial charge in [-0.1, -0.05) is 0 Å². The molecule has 1 aromatic carbocycles. The van der Waals surface area contributed by atoms with Gasteiger partial charge in [0.05, 0.1) is 18.1 Å². The van der Waals surface area contributed by atoms with Crippen molar-refractivity contribution in [1.82, 2.24) is 9.38 Å². The van der Waals surface area contributed by atoms with Gasteiger partial charge in [-0.25, -0.2) is 13.4 Å². The molecule has 1 aliphatic rings. The lowest BCUT2D eigenvalue weighted by atomic mass is 10.2. The van der Waals surface area contributed by atoms with Crippen molar-refractivity contribution in [3.05, 3.63) is 54.4 Å². The van der Waals surface area contributed by atoms with E-state index in [0.29, 0.717) is 24.7 Å². The van der Waals surface area contributed by atoms with Crippen molar-refractivity contribution in [3.63, 3.8) is 0 Å². The molecule has 1 N–H and O–H groups in total. The molecular weight excluding hydrogens is 352 g/mol. The average Bonchev–Trinajstić information content (AvgIpc) is 3.04. The first-order valence-electron chi connectivity index (χ1n) is 8.42. The first-order valence-corrected chi connectivity index (χ1v) is 9.90. The summed E-state index contributed by atoms with van der Waals surface area (Å²) in [7, 11) is -3.68. The summed E-state index contributed by atoms with van der Waals surface area (Å²) in [5.41, 5.74) is 2.71. The van der Waals surface area contributed by atoms with Gasteiger partial charge in [0.1, 0.15) is 11.5 Å². The number of hydrogen-bond acceptors (Lipinski definition) is 5. The minimum absolute atomic E-state index is 0.225. The van der Waals surface area contributed by atoms with Gasteiger partial charge in [0.15, 0.2) is 0 Å². The number of aromatic nitrogens is 2. The lowest BCUT2D eigenvalue weighted by Crippen LogP contribution is -2.36. The zero-order valence-electron chi connectivity index (χ0n) is 14.4. The minimum atomic E-state index is -3.68. The van der Waals surface area contributed by atoms with Gasteiger partial charge in [-0.3, -0.25) is 9.12 Å². The van der Waals surface area contributed by atoms with Crippen molar-refractivity contribution < 1.29 is 13.2 Å². The molecule has 3 heterocycles. The number of rotatable bonds is 4. The SMILES string of the molecule is Cc1cc2nccc(NS(=O)(=O)c3ccc(N4CCOCC4)cc3)n2c1. The summed E-state index contributed by atoms with van der Waals surface area (Å²) in [5.74, 6) is 0.459. The van der Waals surface area contributed by atoms with Crippen LogP contribution in [-0.4, -0.2) is 44.1 Å². The maximum Gasteiger partial charge on any atom is 0.263 e. The zero-order valence-corrected chi connectivity index (χ0v) is 15.2. The molecule has 26 heavy (non-hydrogen) atoms. The Morgan fingerprint density at radius 2 is 1.85 bits per heavy atom. The first-order chi connectivity index (χ1) is 12.5. The van der Waals surface area contributed by atoms with E-state index in [1.807, 2.05) is 31.3 Å². The number of hydrogen-bond donors (Lipinski definition) is 1. The molecule has 1 aliphatic heterocycles. The minimum Gasteiger partial charge on any atom is -0.378 e. The van der Waals surface area contributed by atoms with Crippen LogP contribution in [-0.2, 0) is 14.8 Å². The predicted octanol–water partition coefficient (Wildman–Crippen LogP) is 2.28. The van der Waals surface area contributed by atoms with Crippen LogP contribution in [0.2, 0.25) is 0 Å². The summed E-state index contributed by atoms with van der Waals surface area (Å²) in [6.45, 7) is 4.95. The largest absolute Gasteiger partial charge is 0.378 e. The van der Waals surface area contributed by atoms with E-state index in [1.165, 1.54) is 0 Å². The van der Waals surface area contributed by atoms with Crippen molar-refractivity contribution in [3.8, 4) is 0 Å². The highest BCUT2D eigenvalue weighted by molar-refractivity contribution is 7.92. The Balaban J connectivity index is 1.59. The number of nitrogens with zero attached hydrogens (tertiary/aromatic N) is 3. The number of ether oxygens (including phenoxy) is 1. The molecule has 2 aromatic heterocycles. The van der Waals surface area contributed by atoms with Crippen molar-refractivity contribution >= 4 is 27.2 Å². The fourth-order valence-electron chi connectivity index (χ4n) is 3.07. The summed E-state index contributed by atoms with van der Waals surface area (Å²) < 4.78 is 35.3. The number of benzene rings is 1. The summed E-state index contributed by atoms with van der Waals surface area (Å²) in [6.07, 6.45) is 3.44. The van der Waals surface area contributed by atoms with Gasteiger partial charge in [0.2, 0.25) is 0 Å². The van der Waals surface area contributed by atoms with Crippen LogP contribution < -0.4 is 9.62 Å². The van der Waals surface area contributed by atoms with Gasteiger partial charge < -0.3 is 9.64 Å². The molecule has 0 saturated carbocycles. The molecule has 0 amide bonds. The molecule has 3 aromatic rings. The van der Waals surface area contributed by atoms with Crippen LogP contribution in [0.5, 0.6) is 0 Å². The molecule has 1 saturated heterocycles. The molecule has 7 nitrogen and oxygen atoms in total. The average molecular weight is 372 g/mol. The third-order valence-corrected chi connectivity index (χ3v) is 5.77. The number of fused-ring (bicyclic) bond motifs is 1. The molecule has 0 aliphatic carbocycles. The Hall–Kier alpha value is -2.58. The van der Waals surface area contributed by atoms with Crippen molar-refractivity contribution in [1.29, 1.82) is 0 Å². The predicted molar refractivity (Wildman–Crippen MR) is 100 cm³/mol. The Kier molecular flexibility index (Phi) is 4.29. The maximum atomic E-state index is 12.8. The number of sulfonamides is 1. The van der Waals surface area contributed by atoms with Gasteiger partial charge in [-0.2, -0.15) is 0 Å². The topological polar surface area (TPSA) is 75.9 Å². The van der Waals surface area contributed by atoms with Crippen molar-refractivity contribution in [2.75, 3.05) is 35.9 Å². The molecule has 0 unspecified atom stereocenters. The van der Waals surface area contributed by atoms with Crippen LogP contribution in [0.15, 0.2) is 53.7 Å². The summed E-state index contributed by atoms with van der Waals surface area (Å²) in [6, 6.07) is 10.5. The van der Waals surface area contributed by atoms with Crippen LogP contribution >= 0.6 is 0 Å². The Morgan fingerprint density at radius 3 is 2.58 bits per heavy atom. The lowest BCUT2D eigenvalue weighted by Gasteiger charge is -2.28. The monoisotopic (exact) mass is 372 g/mol. The summed E-state index contributed by atoms with van der Waals surface area (Å²) in [4.78, 5) is 6.65. The maximum absolute atomic E-state index is 12.8. The summed E-state index contributed by atoms with van der Waals surface area (Å²) >= 11 is 0. The van der Waals surface area contributed by atoms with Gasteiger partial charge >= 0.3 is 0 Å². The van der Waals surface area contributed by atoms with E-state index in [4.69, 9.17) is 4.74 Å². The van der Waals surface area contributed by atoms with Gasteiger partial charge in [-0.05, 0) is 48.9 Å². The molecule has 0 radical (unpaired) electrons. The second kappa shape index (κ2) is 6.62. The van der Waals surface area contributed by atoms with E-state index in [0.717, 1.165) is 24.3 Å². The van der Waals surface area contributed by atoms with E-state index in [-0.39, 0.29) is 4.90 Å². The van der Waals surface area contributed by atoms with Crippen LogP contribution in [0, 0.1) is 6.92 Å². The van der Waals surface area contributed by atoms with Gasteiger partial charge in [-0.15, -0.1) is 0 Å². The zero-order chi connectivity index (χ0) is 18.1. The molecule has 0 bridgehead atoms. The molecular formula is C18H20N4O3S. The van der Waals surface area contributed by atoms with E-state index in [9.17, 15) is 8.42 Å². The molecule has 1 fully saturated rings. The van der Waals surface area contributed by atoms with Crippen molar-refractivity contribution in [2.45, 2.75) is 11.8 Å². The Bertz CT molecular complexity index is 1020. The standard InChI is InChI=1S/C18H20N4O3S/c1-14-12-18-19-7-6-17(22(18)13-14)20-26(23,24)16-4-2-15(3-5-16)21-8-10-25-11-9-21/h2-7,12-13,20H,8-11H2,1H3. The third kappa shape index (κ3) is 3.25. The number of morpholine rings is 1. The van der Waals surface area contributed by atoms with Gasteiger partial charge in [0, 0.05) is 31.2 Å². The van der Waals surface area contributed by atoms with Gasteiger partial charge in [0.25, 0.3) is 10.0 Å². The highest BCUT2D eigenvalue weighted by Crippen LogP contribution is 2.22. The molecule has 0 atom stereocenters. The van der Waals surface area contributed by atoms with E-state index < -0.39 is 10.0 Å². The Morgan fingerprint density at radius 1 is 1.12 bits per heavy atom. The number of aryl methyl sites for hydroxylation is 1. The molecule has 136 valence electrons. The highest BCUT2D eigenvalue weighted by atomic mass is 32.2. The van der Waals surface area contributed by atoms with E-state index in [2.05, 4.69) is 14.6 Å². The smallest absolute Gasteiger partial charge is 0.263 e. The molecule has 4 rings (SSSR count). The van der Waals surface area contributed by atoms with Crippen LogP contribution in [0.1, 0.15) is 5.56 Å². The quantitative estimate of drug-likeness (QED) is 0.760. The van der Waals surface area contributed by atoms with E-state index >= 15 is 0 Å². The first kappa shape index (κ1) is 16.9. The fraction of sp³-hybridized carbons (Fsp3) is 0.278. The number of nitrogens with one attached hydrogen (secondary N) is 1. The Labute approximate surface area is 152 Å². The highest BCUT2D eigenvalue weighted by Gasteiger charge is 2.17. The summed E-state index contributed by atoms with van der Waals surface area (Å²) in [5, 5.41) is 0. The van der Waals surface area contributed by atoms with Crippen LogP contribution in [0.3, 0.4) is 0 Å². The normalized spacial score (nSPS) is 15.3. The van der Waals surface area contributed by atoms with Crippen LogP contribution in [0.25, 0.3) is 5.65 Å². The lowest BCUT2D eigenvalue weighted by molar-refractivity contribution is 0.122. The second-order valence-electron chi connectivity index (χ2n) is 6.27. The molecule has 8 heteroatoms. The number of anilines is 2. The second-order valence-corrected chi connectivity index (χ2v) is 7.96. The van der Waals surface area contributed by atoms with E-state index in [1.54, 1.807) is 28.8 Å². The van der Waals surface area contributed by atoms with Crippen molar-refractivity contribution in [2.24, 2.45) is 0 Å². The third-order valence-electron chi connectivity index (χ3n) is 4.40. The molecule has 0 spiro atoms.